The number of amides is 1. The van der Waals surface area contributed by atoms with Crippen molar-refractivity contribution in [3.05, 3.63) is 70.8 Å². The van der Waals surface area contributed by atoms with Gasteiger partial charge in [-0.25, -0.2) is 0 Å². The predicted molar refractivity (Wildman–Crippen MR) is 107 cm³/mol. The second kappa shape index (κ2) is 8.05. The molecular formula is C23H30N2O. The lowest BCUT2D eigenvalue weighted by Crippen LogP contribution is -2.44. The molecule has 3 atom stereocenters. The van der Waals surface area contributed by atoms with Crippen molar-refractivity contribution < 1.29 is 4.79 Å². The number of piperidine rings is 1. The van der Waals surface area contributed by atoms with Crippen molar-refractivity contribution in [3.8, 4) is 0 Å². The minimum Gasteiger partial charge on any atom is -0.335 e. The van der Waals surface area contributed by atoms with Gasteiger partial charge in [0.25, 0.3) is 0 Å². The molecule has 3 rings (SSSR count). The summed E-state index contributed by atoms with van der Waals surface area (Å²) in [5, 5.41) is 0. The van der Waals surface area contributed by atoms with Crippen LogP contribution in [0.4, 0.5) is 0 Å². The van der Waals surface area contributed by atoms with Crippen molar-refractivity contribution in [1.29, 1.82) is 0 Å². The maximum absolute atomic E-state index is 13.3. The van der Waals surface area contributed by atoms with Crippen LogP contribution in [0.25, 0.3) is 0 Å². The molecule has 3 heteroatoms. The van der Waals surface area contributed by atoms with E-state index in [9.17, 15) is 4.79 Å². The highest BCUT2D eigenvalue weighted by molar-refractivity contribution is 5.80. The van der Waals surface area contributed by atoms with E-state index in [2.05, 4.69) is 36.9 Å². The van der Waals surface area contributed by atoms with Crippen LogP contribution in [0.1, 0.15) is 60.5 Å². The fourth-order valence-corrected chi connectivity index (χ4v) is 4.03. The van der Waals surface area contributed by atoms with E-state index in [4.69, 9.17) is 5.73 Å². The maximum atomic E-state index is 13.3. The standard InChI is InChI=1S/C23H30N2O/c1-16-10-9-13-20(17(16)2)21-14-7-8-15-25(21)23(26)18(3)22(24)19-11-5-4-6-12-19/h4-6,9-13,18,21-22H,7-8,14-15,24H2,1-3H3. The van der Waals surface area contributed by atoms with Gasteiger partial charge in [0.1, 0.15) is 0 Å². The van der Waals surface area contributed by atoms with E-state index in [0.717, 1.165) is 24.9 Å². The number of likely N-dealkylation sites (tertiary alicyclic amines) is 1. The zero-order chi connectivity index (χ0) is 18.7. The Kier molecular flexibility index (Phi) is 5.77. The first-order chi connectivity index (χ1) is 12.5. The molecular weight excluding hydrogens is 320 g/mol. The topological polar surface area (TPSA) is 46.3 Å². The zero-order valence-electron chi connectivity index (χ0n) is 16.1. The summed E-state index contributed by atoms with van der Waals surface area (Å²) in [6.07, 6.45) is 3.27. The van der Waals surface area contributed by atoms with Crippen molar-refractivity contribution in [2.75, 3.05) is 6.54 Å². The van der Waals surface area contributed by atoms with E-state index in [1.807, 2.05) is 37.3 Å². The van der Waals surface area contributed by atoms with Gasteiger partial charge in [-0.1, -0.05) is 55.5 Å². The molecule has 1 aliphatic heterocycles. The molecule has 1 saturated heterocycles. The average Bonchev–Trinajstić information content (AvgIpc) is 2.69. The molecule has 1 fully saturated rings. The van der Waals surface area contributed by atoms with Gasteiger partial charge in [0.2, 0.25) is 5.91 Å². The fraction of sp³-hybridized carbons (Fsp3) is 0.435. The summed E-state index contributed by atoms with van der Waals surface area (Å²) >= 11 is 0. The number of nitrogens with zero attached hydrogens (tertiary/aromatic N) is 1. The Bertz CT molecular complexity index is 756. The average molecular weight is 351 g/mol. The van der Waals surface area contributed by atoms with Gasteiger partial charge in [0, 0.05) is 12.6 Å². The Balaban J connectivity index is 1.85. The largest absolute Gasteiger partial charge is 0.335 e. The summed E-state index contributed by atoms with van der Waals surface area (Å²) in [6, 6.07) is 16.3. The van der Waals surface area contributed by atoms with Gasteiger partial charge in [-0.2, -0.15) is 0 Å². The Morgan fingerprint density at radius 1 is 1.08 bits per heavy atom. The summed E-state index contributed by atoms with van der Waals surface area (Å²) in [5.74, 6) is -0.0601. The zero-order valence-corrected chi connectivity index (χ0v) is 16.1. The van der Waals surface area contributed by atoms with Crippen LogP contribution in [0.3, 0.4) is 0 Å². The van der Waals surface area contributed by atoms with E-state index in [0.29, 0.717) is 0 Å². The number of hydrogen-bond donors (Lipinski definition) is 1. The smallest absolute Gasteiger partial charge is 0.227 e. The first-order valence-corrected chi connectivity index (χ1v) is 9.68. The Hall–Kier alpha value is -2.13. The van der Waals surface area contributed by atoms with Crippen LogP contribution in [0.2, 0.25) is 0 Å². The molecule has 0 bridgehead atoms. The van der Waals surface area contributed by atoms with Crippen LogP contribution in [0.5, 0.6) is 0 Å². The lowest BCUT2D eigenvalue weighted by atomic mass is 9.88. The SMILES string of the molecule is Cc1cccc(C2CCCCN2C(=O)C(C)C(N)c2ccccc2)c1C. The Labute approximate surface area is 157 Å². The van der Waals surface area contributed by atoms with Gasteiger partial charge in [-0.15, -0.1) is 0 Å². The summed E-state index contributed by atoms with van der Waals surface area (Å²) in [5.41, 5.74) is 11.3. The molecule has 2 aromatic carbocycles. The molecule has 3 nitrogen and oxygen atoms in total. The normalized spacial score (nSPS) is 19.8. The van der Waals surface area contributed by atoms with Gasteiger partial charge in [0.15, 0.2) is 0 Å². The van der Waals surface area contributed by atoms with Gasteiger partial charge in [-0.05, 0) is 55.4 Å². The fourth-order valence-electron chi connectivity index (χ4n) is 4.03. The third-order valence-corrected chi connectivity index (χ3v) is 5.90. The second-order valence-electron chi connectivity index (χ2n) is 7.56. The third-order valence-electron chi connectivity index (χ3n) is 5.90. The highest BCUT2D eigenvalue weighted by atomic mass is 16.2. The summed E-state index contributed by atoms with van der Waals surface area (Å²) < 4.78 is 0. The lowest BCUT2D eigenvalue weighted by Gasteiger charge is -2.39. The number of nitrogens with two attached hydrogens (primary N) is 1. The van der Waals surface area contributed by atoms with Crippen LogP contribution in [-0.4, -0.2) is 17.4 Å². The van der Waals surface area contributed by atoms with Gasteiger partial charge >= 0.3 is 0 Å². The molecule has 0 aliphatic carbocycles. The summed E-state index contributed by atoms with van der Waals surface area (Å²) in [4.78, 5) is 15.4. The van der Waals surface area contributed by atoms with Crippen molar-refractivity contribution in [3.63, 3.8) is 0 Å². The van der Waals surface area contributed by atoms with Crippen LogP contribution in [-0.2, 0) is 4.79 Å². The van der Waals surface area contributed by atoms with Crippen molar-refractivity contribution in [2.45, 2.75) is 52.1 Å². The Morgan fingerprint density at radius 2 is 1.81 bits per heavy atom. The van der Waals surface area contributed by atoms with Crippen molar-refractivity contribution >= 4 is 5.91 Å². The molecule has 2 aromatic rings. The van der Waals surface area contributed by atoms with Crippen LogP contribution in [0, 0.1) is 19.8 Å². The van der Waals surface area contributed by atoms with E-state index < -0.39 is 0 Å². The molecule has 0 aromatic heterocycles. The summed E-state index contributed by atoms with van der Waals surface area (Å²) in [6.45, 7) is 7.10. The van der Waals surface area contributed by atoms with E-state index in [1.54, 1.807) is 0 Å². The molecule has 0 saturated carbocycles. The Morgan fingerprint density at radius 3 is 2.54 bits per heavy atom. The molecule has 0 spiro atoms. The van der Waals surface area contributed by atoms with Crippen LogP contribution in [0.15, 0.2) is 48.5 Å². The number of hydrogen-bond acceptors (Lipinski definition) is 2. The highest BCUT2D eigenvalue weighted by Crippen LogP contribution is 2.35. The van der Waals surface area contributed by atoms with E-state index >= 15 is 0 Å². The highest BCUT2D eigenvalue weighted by Gasteiger charge is 2.33. The number of aryl methyl sites for hydroxylation is 1. The van der Waals surface area contributed by atoms with Gasteiger partial charge in [-0.3, -0.25) is 4.79 Å². The number of benzene rings is 2. The molecule has 26 heavy (non-hydrogen) atoms. The number of carbonyl (C=O) groups excluding carboxylic acids is 1. The molecule has 0 radical (unpaired) electrons. The van der Waals surface area contributed by atoms with E-state index in [1.165, 1.54) is 23.1 Å². The third kappa shape index (κ3) is 3.68. The second-order valence-corrected chi connectivity index (χ2v) is 7.56. The predicted octanol–water partition coefficient (Wildman–Crippen LogP) is 4.69. The minimum absolute atomic E-state index is 0.168. The molecule has 3 unspecified atom stereocenters. The lowest BCUT2D eigenvalue weighted by molar-refractivity contribution is -0.139. The number of carbonyl (C=O) groups is 1. The van der Waals surface area contributed by atoms with Gasteiger partial charge in [0.05, 0.1) is 12.0 Å². The first kappa shape index (κ1) is 18.7. The first-order valence-electron chi connectivity index (χ1n) is 9.68. The van der Waals surface area contributed by atoms with Crippen LogP contribution >= 0.6 is 0 Å². The quantitative estimate of drug-likeness (QED) is 0.869. The van der Waals surface area contributed by atoms with Gasteiger partial charge < -0.3 is 10.6 Å². The monoisotopic (exact) mass is 350 g/mol. The van der Waals surface area contributed by atoms with Crippen LogP contribution < -0.4 is 5.73 Å². The summed E-state index contributed by atoms with van der Waals surface area (Å²) in [7, 11) is 0. The van der Waals surface area contributed by atoms with Crippen molar-refractivity contribution in [1.82, 2.24) is 4.90 Å². The molecule has 1 aliphatic rings. The molecule has 2 N–H and O–H groups in total. The number of rotatable bonds is 4. The van der Waals surface area contributed by atoms with Crippen molar-refractivity contribution in [2.24, 2.45) is 11.7 Å². The maximum Gasteiger partial charge on any atom is 0.227 e. The molecule has 1 amide bonds. The minimum atomic E-state index is -0.273. The van der Waals surface area contributed by atoms with E-state index in [-0.39, 0.29) is 23.9 Å². The molecule has 138 valence electrons. The molecule has 1 heterocycles.